The van der Waals surface area contributed by atoms with Crippen LogP contribution in [0.1, 0.15) is 0 Å². The number of nitrogens with zero attached hydrogens (tertiary/aromatic N) is 3. The van der Waals surface area contributed by atoms with Crippen LogP contribution in [0.2, 0.25) is 0 Å². The summed E-state index contributed by atoms with van der Waals surface area (Å²) in [7, 11) is 1.39. The quantitative estimate of drug-likeness (QED) is 0.732. The summed E-state index contributed by atoms with van der Waals surface area (Å²) in [6, 6.07) is 16.4. The first kappa shape index (κ1) is 15.3. The van der Waals surface area contributed by atoms with Gasteiger partial charge in [0.05, 0.1) is 11.2 Å². The molecule has 124 valence electrons. The molecule has 6 nitrogen and oxygen atoms in total. The number of carbonyl (C=O) groups excluding carboxylic acids is 2. The van der Waals surface area contributed by atoms with Crippen molar-refractivity contribution in [3.05, 3.63) is 60.8 Å². The molecule has 25 heavy (non-hydrogen) atoms. The van der Waals surface area contributed by atoms with Gasteiger partial charge in [-0.2, -0.15) is 0 Å². The first-order valence-corrected chi connectivity index (χ1v) is 7.80. The van der Waals surface area contributed by atoms with Crippen LogP contribution in [-0.4, -0.2) is 40.2 Å². The predicted molar refractivity (Wildman–Crippen MR) is 93.8 cm³/mol. The van der Waals surface area contributed by atoms with E-state index in [4.69, 9.17) is 0 Å². The van der Waals surface area contributed by atoms with Crippen LogP contribution in [0.3, 0.4) is 0 Å². The van der Waals surface area contributed by atoms with Gasteiger partial charge < -0.3 is 5.11 Å². The Morgan fingerprint density at radius 3 is 2.40 bits per heavy atom. The van der Waals surface area contributed by atoms with Gasteiger partial charge in [0.15, 0.2) is 0 Å². The molecule has 1 N–H and O–H groups in total. The smallest absolute Gasteiger partial charge is 0.333 e. The Hall–Kier alpha value is -3.25. The van der Waals surface area contributed by atoms with Gasteiger partial charge in [-0.3, -0.25) is 14.7 Å². The van der Waals surface area contributed by atoms with Gasteiger partial charge in [0.25, 0.3) is 5.91 Å². The third kappa shape index (κ3) is 2.43. The van der Waals surface area contributed by atoms with Crippen molar-refractivity contribution in [2.75, 3.05) is 11.9 Å². The van der Waals surface area contributed by atoms with Gasteiger partial charge in [0, 0.05) is 24.2 Å². The average molecular weight is 333 g/mol. The number of para-hydroxylation sites is 1. The number of imide groups is 1. The Balaban J connectivity index is 1.68. The highest BCUT2D eigenvalue weighted by Gasteiger charge is 2.42. The number of aliphatic hydroxyl groups excluding tert-OH is 1. The standard InChI is InChI=1S/C19H15N3O3/c1-21-17(23)18(24)22(19(21)25)15-8-6-12(7-9-15)14-10-13-4-2-3-5-16(13)20-11-14/h2-11,17,23H,1H3. The molecule has 2 heterocycles. The lowest BCUT2D eigenvalue weighted by Gasteiger charge is -2.14. The highest BCUT2D eigenvalue weighted by atomic mass is 16.3. The molecule has 1 saturated heterocycles. The molecule has 0 radical (unpaired) electrons. The molecular formula is C19H15N3O3. The lowest BCUT2D eigenvalue weighted by molar-refractivity contribution is -0.128. The first-order valence-electron chi connectivity index (χ1n) is 7.80. The topological polar surface area (TPSA) is 73.7 Å². The number of pyridine rings is 1. The van der Waals surface area contributed by atoms with E-state index in [1.807, 2.05) is 42.5 Å². The van der Waals surface area contributed by atoms with E-state index in [1.54, 1.807) is 18.3 Å². The van der Waals surface area contributed by atoms with Crippen molar-refractivity contribution < 1.29 is 14.7 Å². The monoisotopic (exact) mass is 333 g/mol. The second-order valence-electron chi connectivity index (χ2n) is 5.90. The highest BCUT2D eigenvalue weighted by molar-refractivity contribution is 6.20. The van der Waals surface area contributed by atoms with E-state index in [9.17, 15) is 14.7 Å². The Bertz CT molecular complexity index is 965. The zero-order valence-corrected chi connectivity index (χ0v) is 13.5. The van der Waals surface area contributed by atoms with Crippen LogP contribution in [0.15, 0.2) is 60.8 Å². The van der Waals surface area contributed by atoms with Gasteiger partial charge in [-0.25, -0.2) is 9.69 Å². The van der Waals surface area contributed by atoms with Crippen LogP contribution in [0.25, 0.3) is 22.0 Å². The number of likely N-dealkylation sites (N-methyl/N-ethyl adjacent to an activating group) is 1. The van der Waals surface area contributed by atoms with Gasteiger partial charge in [0.1, 0.15) is 0 Å². The molecule has 0 saturated carbocycles. The molecule has 0 spiro atoms. The number of hydrogen-bond donors (Lipinski definition) is 1. The summed E-state index contributed by atoms with van der Waals surface area (Å²) in [5, 5.41) is 10.7. The molecule has 1 aromatic heterocycles. The van der Waals surface area contributed by atoms with Crippen LogP contribution >= 0.6 is 0 Å². The number of fused-ring (bicyclic) bond motifs is 1. The molecule has 0 aliphatic carbocycles. The molecule has 3 aromatic rings. The minimum atomic E-state index is -1.43. The zero-order chi connectivity index (χ0) is 17.6. The molecule has 2 aromatic carbocycles. The summed E-state index contributed by atoms with van der Waals surface area (Å²) in [4.78, 5) is 30.5. The van der Waals surface area contributed by atoms with Crippen molar-refractivity contribution in [3.8, 4) is 11.1 Å². The maximum atomic E-state index is 12.1. The number of urea groups is 1. The van der Waals surface area contributed by atoms with E-state index >= 15 is 0 Å². The van der Waals surface area contributed by atoms with Crippen LogP contribution in [0.4, 0.5) is 10.5 Å². The van der Waals surface area contributed by atoms with Gasteiger partial charge in [0.2, 0.25) is 6.23 Å². The molecule has 1 atom stereocenters. The number of anilines is 1. The number of hydrogen-bond acceptors (Lipinski definition) is 4. The van der Waals surface area contributed by atoms with Gasteiger partial charge in [-0.15, -0.1) is 0 Å². The number of rotatable bonds is 2. The number of amides is 3. The number of benzene rings is 2. The van der Waals surface area contributed by atoms with Crippen LogP contribution in [0.5, 0.6) is 0 Å². The Labute approximate surface area is 143 Å². The largest absolute Gasteiger partial charge is 0.365 e. The average Bonchev–Trinajstić information content (AvgIpc) is 2.85. The summed E-state index contributed by atoms with van der Waals surface area (Å²) in [5.74, 6) is -0.646. The first-order chi connectivity index (χ1) is 12.1. The SMILES string of the molecule is CN1C(=O)N(c2ccc(-c3cnc4ccccc4c3)cc2)C(=O)C1O. The summed E-state index contributed by atoms with van der Waals surface area (Å²) in [6.45, 7) is 0. The minimum Gasteiger partial charge on any atom is -0.365 e. The van der Waals surface area contributed by atoms with Crippen molar-refractivity contribution in [3.63, 3.8) is 0 Å². The molecule has 1 fully saturated rings. The van der Waals surface area contributed by atoms with E-state index in [0.717, 1.165) is 31.8 Å². The molecular weight excluding hydrogens is 318 g/mol. The lowest BCUT2D eigenvalue weighted by atomic mass is 10.0. The third-order valence-corrected chi connectivity index (χ3v) is 4.35. The molecule has 1 aliphatic heterocycles. The number of carbonyl (C=O) groups is 2. The summed E-state index contributed by atoms with van der Waals surface area (Å²) >= 11 is 0. The fourth-order valence-corrected chi connectivity index (χ4v) is 2.91. The second kappa shape index (κ2) is 5.68. The van der Waals surface area contributed by atoms with Gasteiger partial charge in [-0.1, -0.05) is 30.3 Å². The van der Waals surface area contributed by atoms with E-state index in [2.05, 4.69) is 4.98 Å². The van der Waals surface area contributed by atoms with Crippen LogP contribution in [0, 0.1) is 0 Å². The Kier molecular flexibility index (Phi) is 3.47. The molecule has 3 amide bonds. The number of aliphatic hydroxyl groups is 1. The lowest BCUT2D eigenvalue weighted by Crippen LogP contribution is -2.31. The maximum Gasteiger partial charge on any atom is 0.333 e. The second-order valence-corrected chi connectivity index (χ2v) is 5.90. The molecule has 1 unspecified atom stereocenters. The summed E-state index contributed by atoms with van der Waals surface area (Å²) < 4.78 is 0. The van der Waals surface area contributed by atoms with Gasteiger partial charge in [-0.05, 0) is 29.8 Å². The molecule has 1 aliphatic rings. The van der Waals surface area contributed by atoms with Crippen molar-refractivity contribution in [2.45, 2.75) is 6.23 Å². The fourth-order valence-electron chi connectivity index (χ4n) is 2.91. The van der Waals surface area contributed by atoms with Crippen molar-refractivity contribution in [2.24, 2.45) is 0 Å². The Morgan fingerprint density at radius 2 is 1.72 bits per heavy atom. The highest BCUT2D eigenvalue weighted by Crippen LogP contribution is 2.28. The minimum absolute atomic E-state index is 0.427. The summed E-state index contributed by atoms with van der Waals surface area (Å²) in [5.41, 5.74) is 3.22. The normalized spacial score (nSPS) is 17.6. The molecule has 0 bridgehead atoms. The van der Waals surface area contributed by atoms with Crippen LogP contribution < -0.4 is 4.90 Å². The molecule has 4 rings (SSSR count). The van der Waals surface area contributed by atoms with E-state index in [0.29, 0.717) is 5.69 Å². The zero-order valence-electron chi connectivity index (χ0n) is 13.5. The van der Waals surface area contributed by atoms with Crippen molar-refractivity contribution >= 4 is 28.5 Å². The molecule has 6 heteroatoms. The Morgan fingerprint density at radius 1 is 1.00 bits per heavy atom. The van der Waals surface area contributed by atoms with Crippen molar-refractivity contribution in [1.29, 1.82) is 0 Å². The fraction of sp³-hybridized carbons (Fsp3) is 0.105. The van der Waals surface area contributed by atoms with E-state index in [-0.39, 0.29) is 0 Å². The predicted octanol–water partition coefficient (Wildman–Crippen LogP) is 2.62. The van der Waals surface area contributed by atoms with E-state index in [1.165, 1.54) is 7.05 Å². The number of aromatic nitrogens is 1. The third-order valence-electron chi connectivity index (χ3n) is 4.35. The van der Waals surface area contributed by atoms with Crippen LogP contribution in [-0.2, 0) is 4.79 Å². The summed E-state index contributed by atoms with van der Waals surface area (Å²) in [6.07, 6.45) is 0.359. The van der Waals surface area contributed by atoms with Crippen molar-refractivity contribution in [1.82, 2.24) is 9.88 Å². The van der Waals surface area contributed by atoms with Gasteiger partial charge >= 0.3 is 6.03 Å². The maximum absolute atomic E-state index is 12.1. The van der Waals surface area contributed by atoms with E-state index < -0.39 is 18.2 Å².